The molecule has 1 saturated carbocycles. The van der Waals surface area contributed by atoms with Gasteiger partial charge in [0.2, 0.25) is 0 Å². The topological polar surface area (TPSA) is 24.1 Å². The van der Waals surface area contributed by atoms with Crippen molar-refractivity contribution in [3.05, 3.63) is 11.6 Å². The standard InChI is InChI=1S/C10H18N2/c1-2-9(8-11-6-1)5-7-12-10-3-4-10/h2,10-12H,1,3-8H2. The fourth-order valence-electron chi connectivity index (χ4n) is 1.61. The van der Waals surface area contributed by atoms with Gasteiger partial charge >= 0.3 is 0 Å². The summed E-state index contributed by atoms with van der Waals surface area (Å²) in [4.78, 5) is 0. The van der Waals surface area contributed by atoms with Gasteiger partial charge < -0.3 is 10.6 Å². The summed E-state index contributed by atoms with van der Waals surface area (Å²) in [5.41, 5.74) is 1.59. The van der Waals surface area contributed by atoms with Gasteiger partial charge in [-0.15, -0.1) is 0 Å². The monoisotopic (exact) mass is 166 g/mol. The lowest BCUT2D eigenvalue weighted by atomic mass is 10.1. The highest BCUT2D eigenvalue weighted by Gasteiger charge is 2.19. The van der Waals surface area contributed by atoms with E-state index >= 15 is 0 Å². The Hall–Kier alpha value is -0.340. The maximum Gasteiger partial charge on any atom is 0.0165 e. The molecule has 68 valence electrons. The molecule has 0 amide bonds. The molecule has 2 rings (SSSR count). The minimum absolute atomic E-state index is 0.863. The Morgan fingerprint density at radius 2 is 2.42 bits per heavy atom. The molecule has 1 fully saturated rings. The maximum absolute atomic E-state index is 3.54. The molecule has 0 aromatic heterocycles. The Kier molecular flexibility index (Phi) is 2.79. The van der Waals surface area contributed by atoms with Crippen LogP contribution < -0.4 is 10.6 Å². The Morgan fingerprint density at radius 1 is 1.50 bits per heavy atom. The first-order chi connectivity index (χ1) is 5.95. The van der Waals surface area contributed by atoms with Crippen LogP contribution in [-0.4, -0.2) is 25.7 Å². The second kappa shape index (κ2) is 4.06. The number of nitrogens with one attached hydrogen (secondary N) is 2. The summed E-state index contributed by atoms with van der Waals surface area (Å²) >= 11 is 0. The third-order valence-electron chi connectivity index (χ3n) is 2.56. The Labute approximate surface area is 74.4 Å². The van der Waals surface area contributed by atoms with Gasteiger partial charge in [0.1, 0.15) is 0 Å². The van der Waals surface area contributed by atoms with Crippen molar-refractivity contribution in [2.75, 3.05) is 19.6 Å². The second-order valence-corrected chi connectivity index (χ2v) is 3.81. The van der Waals surface area contributed by atoms with Crippen LogP contribution in [0.4, 0.5) is 0 Å². The highest BCUT2D eigenvalue weighted by molar-refractivity contribution is 5.07. The van der Waals surface area contributed by atoms with Gasteiger partial charge in [-0.1, -0.05) is 11.6 Å². The molecular weight excluding hydrogens is 148 g/mol. The van der Waals surface area contributed by atoms with E-state index in [-0.39, 0.29) is 0 Å². The predicted octanol–water partition coefficient (Wildman–Crippen LogP) is 1.05. The van der Waals surface area contributed by atoms with Gasteiger partial charge in [-0.05, 0) is 38.8 Å². The Balaban J connectivity index is 1.60. The molecule has 0 aromatic carbocycles. The normalized spacial score (nSPS) is 23.8. The molecule has 0 unspecified atom stereocenters. The number of rotatable bonds is 4. The lowest BCUT2D eigenvalue weighted by Crippen LogP contribution is -2.25. The largest absolute Gasteiger partial charge is 0.314 e. The van der Waals surface area contributed by atoms with Crippen molar-refractivity contribution in [3.63, 3.8) is 0 Å². The maximum atomic E-state index is 3.54. The minimum Gasteiger partial charge on any atom is -0.314 e. The molecule has 1 aliphatic heterocycles. The lowest BCUT2D eigenvalue weighted by molar-refractivity contribution is 0.634. The molecule has 12 heavy (non-hydrogen) atoms. The van der Waals surface area contributed by atoms with Crippen molar-refractivity contribution in [1.29, 1.82) is 0 Å². The molecule has 2 nitrogen and oxygen atoms in total. The molecule has 0 saturated heterocycles. The summed E-state index contributed by atoms with van der Waals surface area (Å²) in [5.74, 6) is 0. The Morgan fingerprint density at radius 3 is 3.08 bits per heavy atom. The highest BCUT2D eigenvalue weighted by atomic mass is 14.9. The van der Waals surface area contributed by atoms with Crippen molar-refractivity contribution in [3.8, 4) is 0 Å². The van der Waals surface area contributed by atoms with Crippen LogP contribution in [0.25, 0.3) is 0 Å². The third kappa shape index (κ3) is 2.61. The summed E-state index contributed by atoms with van der Waals surface area (Å²) < 4.78 is 0. The zero-order chi connectivity index (χ0) is 8.23. The molecule has 0 aromatic rings. The lowest BCUT2D eigenvalue weighted by Gasteiger charge is -2.14. The molecule has 0 spiro atoms. The van der Waals surface area contributed by atoms with Crippen molar-refractivity contribution in [2.45, 2.75) is 31.7 Å². The smallest absolute Gasteiger partial charge is 0.0165 e. The minimum atomic E-state index is 0.863. The van der Waals surface area contributed by atoms with Crippen molar-refractivity contribution >= 4 is 0 Å². The average Bonchev–Trinajstić information content (AvgIpc) is 2.90. The van der Waals surface area contributed by atoms with Gasteiger partial charge in [-0.2, -0.15) is 0 Å². The van der Waals surface area contributed by atoms with E-state index in [4.69, 9.17) is 0 Å². The SMILES string of the molecule is C1=C(CCNC2CC2)CNCC1. The highest BCUT2D eigenvalue weighted by Crippen LogP contribution is 2.18. The fraction of sp³-hybridized carbons (Fsp3) is 0.800. The third-order valence-corrected chi connectivity index (χ3v) is 2.56. The van der Waals surface area contributed by atoms with Crippen LogP contribution in [0.1, 0.15) is 25.7 Å². The molecule has 0 radical (unpaired) electrons. The van der Waals surface area contributed by atoms with Crippen molar-refractivity contribution in [2.24, 2.45) is 0 Å². The van der Waals surface area contributed by atoms with Crippen molar-refractivity contribution < 1.29 is 0 Å². The van der Waals surface area contributed by atoms with E-state index in [0.29, 0.717) is 0 Å². The van der Waals surface area contributed by atoms with Gasteiger partial charge in [0.05, 0.1) is 0 Å². The van der Waals surface area contributed by atoms with Crippen LogP contribution in [0, 0.1) is 0 Å². The molecule has 2 N–H and O–H groups in total. The van der Waals surface area contributed by atoms with Crippen LogP contribution in [0.2, 0.25) is 0 Å². The van der Waals surface area contributed by atoms with E-state index in [2.05, 4.69) is 16.7 Å². The van der Waals surface area contributed by atoms with Crippen LogP contribution in [0.5, 0.6) is 0 Å². The summed E-state index contributed by atoms with van der Waals surface area (Å²) in [6, 6.07) is 0.863. The zero-order valence-electron chi connectivity index (χ0n) is 7.60. The molecular formula is C10H18N2. The van der Waals surface area contributed by atoms with Gasteiger partial charge in [0.15, 0.2) is 0 Å². The number of hydrogen-bond acceptors (Lipinski definition) is 2. The summed E-state index contributed by atoms with van der Waals surface area (Å²) in [7, 11) is 0. The van der Waals surface area contributed by atoms with Crippen molar-refractivity contribution in [1.82, 2.24) is 10.6 Å². The summed E-state index contributed by atoms with van der Waals surface area (Å²) in [6.07, 6.45) is 7.65. The average molecular weight is 166 g/mol. The summed E-state index contributed by atoms with van der Waals surface area (Å²) in [6.45, 7) is 3.46. The van der Waals surface area contributed by atoms with E-state index < -0.39 is 0 Å². The van der Waals surface area contributed by atoms with Crippen LogP contribution >= 0.6 is 0 Å². The molecule has 0 bridgehead atoms. The van der Waals surface area contributed by atoms with Gasteiger partial charge in [0, 0.05) is 12.6 Å². The van der Waals surface area contributed by atoms with Crippen LogP contribution in [0.3, 0.4) is 0 Å². The van der Waals surface area contributed by atoms with Gasteiger partial charge in [0.25, 0.3) is 0 Å². The fourth-order valence-corrected chi connectivity index (χ4v) is 1.61. The van der Waals surface area contributed by atoms with E-state index in [9.17, 15) is 0 Å². The molecule has 2 heteroatoms. The van der Waals surface area contributed by atoms with E-state index in [1.807, 2.05) is 0 Å². The first-order valence-electron chi connectivity index (χ1n) is 5.07. The van der Waals surface area contributed by atoms with Crippen LogP contribution in [-0.2, 0) is 0 Å². The Bertz CT molecular complexity index is 171. The molecule has 2 aliphatic rings. The van der Waals surface area contributed by atoms with E-state index in [1.165, 1.54) is 38.8 Å². The van der Waals surface area contributed by atoms with Gasteiger partial charge in [-0.25, -0.2) is 0 Å². The molecule has 1 heterocycles. The van der Waals surface area contributed by atoms with E-state index in [0.717, 1.165) is 12.6 Å². The van der Waals surface area contributed by atoms with Gasteiger partial charge in [-0.3, -0.25) is 0 Å². The summed E-state index contributed by atoms with van der Waals surface area (Å²) in [5, 5.41) is 6.93. The zero-order valence-corrected chi connectivity index (χ0v) is 7.60. The molecule has 1 aliphatic carbocycles. The molecule has 0 atom stereocenters. The number of hydrogen-bond donors (Lipinski definition) is 2. The predicted molar refractivity (Wildman–Crippen MR) is 51.2 cm³/mol. The van der Waals surface area contributed by atoms with Crippen LogP contribution in [0.15, 0.2) is 11.6 Å². The second-order valence-electron chi connectivity index (χ2n) is 3.81. The van der Waals surface area contributed by atoms with E-state index in [1.54, 1.807) is 5.57 Å². The first-order valence-corrected chi connectivity index (χ1v) is 5.07. The quantitative estimate of drug-likeness (QED) is 0.610. The first kappa shape index (κ1) is 8.27.